The number of esters is 1. The van der Waals surface area contributed by atoms with Crippen molar-refractivity contribution in [2.24, 2.45) is 5.41 Å². The highest BCUT2D eigenvalue weighted by molar-refractivity contribution is 5.70. The summed E-state index contributed by atoms with van der Waals surface area (Å²) in [6, 6.07) is 0. The Morgan fingerprint density at radius 3 is 1.75 bits per heavy atom. The van der Waals surface area contributed by atoms with Gasteiger partial charge in [-0.2, -0.15) is 0 Å². The van der Waals surface area contributed by atoms with Crippen LogP contribution in [0.2, 0.25) is 0 Å². The normalized spacial score (nSPS) is 12.8. The fourth-order valence-electron chi connectivity index (χ4n) is 0.811. The summed E-state index contributed by atoms with van der Waals surface area (Å²) >= 11 is 0. The summed E-state index contributed by atoms with van der Waals surface area (Å²) in [5, 5.41) is 0. The maximum absolute atomic E-state index is 11.3. The minimum absolute atomic E-state index is 0.0162. The van der Waals surface area contributed by atoms with Crippen LogP contribution in [0, 0.1) is 5.41 Å². The van der Waals surface area contributed by atoms with Gasteiger partial charge in [-0.15, -0.1) is 0 Å². The lowest BCUT2D eigenvalue weighted by Gasteiger charge is -2.23. The first-order valence-electron chi connectivity index (χ1n) is 4.32. The fraction of sp³-hybridized carbons (Fsp3) is 0.900. The molecule has 0 saturated heterocycles. The topological polar surface area (TPSA) is 26.3 Å². The van der Waals surface area contributed by atoms with Crippen LogP contribution >= 0.6 is 0 Å². The first-order valence-corrected chi connectivity index (χ1v) is 4.32. The minimum Gasteiger partial charge on any atom is -0.460 e. The number of ether oxygens (including phenoxy) is 1. The number of carbonyl (C=O) groups excluding carboxylic acids is 1. The average Bonchev–Trinajstić information content (AvgIpc) is 1.49. The molecule has 2 heteroatoms. The predicted molar refractivity (Wildman–Crippen MR) is 49.9 cm³/mol. The second-order valence-corrected chi connectivity index (χ2v) is 5.32. The summed E-state index contributed by atoms with van der Waals surface area (Å²) in [6.07, 6.45) is 0.476. The van der Waals surface area contributed by atoms with Gasteiger partial charge in [0, 0.05) is 0 Å². The monoisotopic (exact) mass is 172 g/mol. The van der Waals surface area contributed by atoms with Crippen molar-refractivity contribution in [3.8, 4) is 0 Å². The van der Waals surface area contributed by atoms with Crippen LogP contribution in [0.3, 0.4) is 0 Å². The highest BCUT2D eigenvalue weighted by atomic mass is 16.6. The van der Waals surface area contributed by atoms with Crippen LogP contribution in [-0.4, -0.2) is 11.6 Å². The molecule has 0 rings (SSSR count). The van der Waals surface area contributed by atoms with Crippen molar-refractivity contribution < 1.29 is 9.53 Å². The molecule has 0 N–H and O–H groups in total. The molecule has 2 nitrogen and oxygen atoms in total. The molecule has 0 aromatic rings. The molecule has 0 bridgehead atoms. The highest BCUT2D eigenvalue weighted by Crippen LogP contribution is 2.20. The molecular formula is C10H20O2. The first kappa shape index (κ1) is 11.5. The molecule has 0 aliphatic carbocycles. The first-order chi connectivity index (χ1) is 5.10. The number of carbonyl (C=O) groups is 1. The predicted octanol–water partition coefficient (Wildman–Crippen LogP) is 2.76. The van der Waals surface area contributed by atoms with Crippen LogP contribution in [0.4, 0.5) is 0 Å². The summed E-state index contributed by atoms with van der Waals surface area (Å²) < 4.78 is 5.17. The summed E-state index contributed by atoms with van der Waals surface area (Å²) in [5.41, 5.74) is -0.343. The molecule has 0 heterocycles. The van der Waals surface area contributed by atoms with Gasteiger partial charge in [-0.25, -0.2) is 0 Å². The van der Waals surface area contributed by atoms with E-state index in [-0.39, 0.29) is 17.0 Å². The van der Waals surface area contributed by atoms with Crippen LogP contribution in [0.15, 0.2) is 0 Å². The van der Waals surface area contributed by atoms with Gasteiger partial charge in [0.05, 0.1) is 6.42 Å². The van der Waals surface area contributed by atoms with E-state index in [0.717, 1.165) is 0 Å². The second-order valence-electron chi connectivity index (χ2n) is 5.32. The van der Waals surface area contributed by atoms with Crippen molar-refractivity contribution in [2.45, 2.75) is 53.6 Å². The van der Waals surface area contributed by atoms with E-state index in [2.05, 4.69) is 0 Å². The van der Waals surface area contributed by atoms with E-state index in [1.54, 1.807) is 0 Å². The van der Waals surface area contributed by atoms with E-state index < -0.39 is 0 Å². The van der Waals surface area contributed by atoms with E-state index in [9.17, 15) is 4.79 Å². The second kappa shape index (κ2) is 3.46. The molecule has 0 fully saturated rings. The third-order valence-electron chi connectivity index (χ3n) is 1.09. The molecule has 0 unspecified atom stereocenters. The van der Waals surface area contributed by atoms with E-state index in [0.29, 0.717) is 6.42 Å². The SMILES string of the molecule is CC(C)(C)CC(=O)OC(C)(C)C. The van der Waals surface area contributed by atoms with Crippen molar-refractivity contribution in [2.75, 3.05) is 0 Å². The average molecular weight is 172 g/mol. The van der Waals surface area contributed by atoms with Gasteiger partial charge in [-0.3, -0.25) is 4.79 Å². The van der Waals surface area contributed by atoms with E-state index in [1.165, 1.54) is 0 Å². The zero-order valence-corrected chi connectivity index (χ0v) is 9.02. The summed E-state index contributed by atoms with van der Waals surface area (Å²) in [7, 11) is 0. The molecule has 0 aromatic heterocycles. The molecule has 0 aliphatic rings. The van der Waals surface area contributed by atoms with Gasteiger partial charge in [-0.1, -0.05) is 20.8 Å². The largest absolute Gasteiger partial charge is 0.460 e. The lowest BCUT2D eigenvalue weighted by Crippen LogP contribution is -2.26. The molecule has 0 aromatic carbocycles. The highest BCUT2D eigenvalue weighted by Gasteiger charge is 2.21. The lowest BCUT2D eigenvalue weighted by molar-refractivity contribution is -0.156. The van der Waals surface area contributed by atoms with Gasteiger partial charge in [0.25, 0.3) is 0 Å². The quantitative estimate of drug-likeness (QED) is 0.568. The Hall–Kier alpha value is -0.530. The molecule has 0 atom stereocenters. The van der Waals surface area contributed by atoms with Crippen LogP contribution < -0.4 is 0 Å². The summed E-state index contributed by atoms with van der Waals surface area (Å²) in [4.78, 5) is 11.3. The van der Waals surface area contributed by atoms with Gasteiger partial charge < -0.3 is 4.74 Å². The molecule has 12 heavy (non-hydrogen) atoms. The molecule has 0 radical (unpaired) electrons. The van der Waals surface area contributed by atoms with Crippen molar-refractivity contribution in [3.05, 3.63) is 0 Å². The zero-order chi connectivity index (χ0) is 9.99. The maximum atomic E-state index is 11.3. The van der Waals surface area contributed by atoms with Gasteiger partial charge in [0.1, 0.15) is 5.60 Å². The van der Waals surface area contributed by atoms with E-state index in [4.69, 9.17) is 4.74 Å². The van der Waals surface area contributed by atoms with E-state index in [1.807, 2.05) is 41.5 Å². The van der Waals surface area contributed by atoms with Gasteiger partial charge in [0.2, 0.25) is 0 Å². The lowest BCUT2D eigenvalue weighted by atomic mass is 9.92. The Kier molecular flexibility index (Phi) is 3.31. The Bertz CT molecular complexity index is 140. The van der Waals surface area contributed by atoms with Crippen LogP contribution in [0.1, 0.15) is 48.0 Å². The molecule has 72 valence electrons. The Morgan fingerprint density at radius 2 is 1.50 bits per heavy atom. The van der Waals surface area contributed by atoms with Crippen molar-refractivity contribution >= 4 is 5.97 Å². The molecule has 0 saturated carbocycles. The zero-order valence-electron chi connectivity index (χ0n) is 9.02. The van der Waals surface area contributed by atoms with Gasteiger partial charge >= 0.3 is 5.97 Å². The molecule has 0 spiro atoms. The number of rotatable bonds is 1. The Morgan fingerprint density at radius 1 is 1.08 bits per heavy atom. The molecular weight excluding hydrogens is 152 g/mol. The maximum Gasteiger partial charge on any atom is 0.306 e. The summed E-state index contributed by atoms with van der Waals surface area (Å²) in [5.74, 6) is -0.116. The minimum atomic E-state index is -0.359. The smallest absolute Gasteiger partial charge is 0.306 e. The van der Waals surface area contributed by atoms with Crippen molar-refractivity contribution in [1.82, 2.24) is 0 Å². The number of hydrogen-bond acceptors (Lipinski definition) is 2. The van der Waals surface area contributed by atoms with E-state index >= 15 is 0 Å². The van der Waals surface area contributed by atoms with Crippen LogP contribution in [-0.2, 0) is 9.53 Å². The summed E-state index contributed by atoms with van der Waals surface area (Å²) in [6.45, 7) is 11.7. The van der Waals surface area contributed by atoms with Gasteiger partial charge in [-0.05, 0) is 26.2 Å². The van der Waals surface area contributed by atoms with Crippen molar-refractivity contribution in [1.29, 1.82) is 0 Å². The van der Waals surface area contributed by atoms with Crippen LogP contribution in [0.5, 0.6) is 0 Å². The molecule has 0 aliphatic heterocycles. The van der Waals surface area contributed by atoms with Crippen molar-refractivity contribution in [3.63, 3.8) is 0 Å². The third kappa shape index (κ3) is 7.58. The Balaban J connectivity index is 3.92. The van der Waals surface area contributed by atoms with Crippen LogP contribution in [0.25, 0.3) is 0 Å². The number of hydrogen-bond donors (Lipinski definition) is 0. The standard InChI is InChI=1S/C10H20O2/c1-9(2,3)7-8(11)12-10(4,5)6/h7H2,1-6H3. The molecule has 0 amide bonds. The Labute approximate surface area is 75.3 Å². The fourth-order valence-corrected chi connectivity index (χ4v) is 0.811. The third-order valence-corrected chi connectivity index (χ3v) is 1.09. The van der Waals surface area contributed by atoms with Gasteiger partial charge in [0.15, 0.2) is 0 Å².